The summed E-state index contributed by atoms with van der Waals surface area (Å²) in [4.78, 5) is 38.2. The summed E-state index contributed by atoms with van der Waals surface area (Å²) >= 11 is 0. The summed E-state index contributed by atoms with van der Waals surface area (Å²) < 4.78 is 16.9. The molecule has 0 spiro atoms. The fraction of sp³-hybridized carbons (Fsp3) is 0.776. The summed E-state index contributed by atoms with van der Waals surface area (Å²) in [6.07, 6.45) is 79.2. The lowest BCUT2D eigenvalue weighted by molar-refractivity contribution is -0.167. The van der Waals surface area contributed by atoms with Crippen molar-refractivity contribution in [2.24, 2.45) is 0 Å². The molecule has 1 atom stereocenters. The fourth-order valence-electron chi connectivity index (χ4n) is 8.98. The Kier molecular flexibility index (Phi) is 58.7. The quantitative estimate of drug-likeness (QED) is 0.0261. The number of carbonyl (C=O) groups is 3. The van der Waals surface area contributed by atoms with Crippen molar-refractivity contribution >= 4 is 17.9 Å². The van der Waals surface area contributed by atoms with E-state index in [2.05, 4.69) is 93.7 Å². The summed E-state index contributed by atoms with van der Waals surface area (Å²) in [6, 6.07) is 0. The molecule has 0 fully saturated rings. The van der Waals surface area contributed by atoms with Crippen molar-refractivity contribution in [3.63, 3.8) is 0 Å². The summed E-state index contributed by atoms with van der Waals surface area (Å²) in [7, 11) is 0. The molecule has 1 unspecified atom stereocenters. The van der Waals surface area contributed by atoms with Crippen LogP contribution in [-0.2, 0) is 28.6 Å². The van der Waals surface area contributed by atoms with Crippen molar-refractivity contribution in [3.8, 4) is 0 Å². The van der Waals surface area contributed by atoms with E-state index in [0.717, 1.165) is 103 Å². The van der Waals surface area contributed by atoms with Gasteiger partial charge in [0.15, 0.2) is 6.10 Å². The van der Waals surface area contributed by atoms with Crippen LogP contribution in [0.2, 0.25) is 0 Å². The number of carbonyl (C=O) groups excluding carboxylic acids is 3. The Bertz CT molecular complexity index is 1360. The first-order chi connectivity index (χ1) is 36.0. The first-order valence-electron chi connectivity index (χ1n) is 31.4. The van der Waals surface area contributed by atoms with Crippen LogP contribution in [0.3, 0.4) is 0 Å². The van der Waals surface area contributed by atoms with E-state index in [0.29, 0.717) is 12.8 Å². The number of ether oxygens (including phenoxy) is 3. The molecule has 6 heteroatoms. The van der Waals surface area contributed by atoms with Gasteiger partial charge in [-0.15, -0.1) is 0 Å². The monoisotopic (exact) mass is 1020 g/mol. The van der Waals surface area contributed by atoms with Crippen LogP contribution in [0.4, 0.5) is 0 Å². The molecule has 0 radical (unpaired) electrons. The lowest BCUT2D eigenvalue weighted by Gasteiger charge is -2.18. The van der Waals surface area contributed by atoms with Gasteiger partial charge in [-0.3, -0.25) is 14.4 Å². The second-order valence-electron chi connectivity index (χ2n) is 20.9. The van der Waals surface area contributed by atoms with Gasteiger partial charge < -0.3 is 14.2 Å². The van der Waals surface area contributed by atoms with Crippen LogP contribution < -0.4 is 0 Å². The van der Waals surface area contributed by atoms with E-state index in [1.54, 1.807) is 0 Å². The van der Waals surface area contributed by atoms with Crippen LogP contribution in [0.1, 0.15) is 316 Å². The smallest absolute Gasteiger partial charge is 0.306 e. The molecule has 0 saturated carbocycles. The van der Waals surface area contributed by atoms with E-state index in [-0.39, 0.29) is 37.5 Å². The largest absolute Gasteiger partial charge is 0.462 e. The normalized spacial score (nSPS) is 12.5. The molecule has 0 rings (SSSR count). The van der Waals surface area contributed by atoms with Gasteiger partial charge in [0.25, 0.3) is 0 Å². The minimum atomic E-state index is -0.795. The third-order valence-electron chi connectivity index (χ3n) is 13.7. The van der Waals surface area contributed by atoms with E-state index < -0.39 is 6.10 Å². The molecule has 6 nitrogen and oxygen atoms in total. The predicted octanol–water partition coefficient (Wildman–Crippen LogP) is 21.3. The van der Waals surface area contributed by atoms with Crippen LogP contribution >= 0.6 is 0 Å². The molecule has 0 heterocycles. The molecule has 0 amide bonds. The third kappa shape index (κ3) is 59.6. The maximum atomic E-state index is 12.9. The maximum Gasteiger partial charge on any atom is 0.306 e. The lowest BCUT2D eigenvalue weighted by atomic mass is 10.0. The number of hydrogen-bond donors (Lipinski definition) is 0. The Morgan fingerprint density at radius 1 is 0.288 bits per heavy atom. The van der Waals surface area contributed by atoms with Crippen LogP contribution in [0.25, 0.3) is 0 Å². The van der Waals surface area contributed by atoms with E-state index >= 15 is 0 Å². The minimum Gasteiger partial charge on any atom is -0.462 e. The highest BCUT2D eigenvalue weighted by atomic mass is 16.6. The summed E-state index contributed by atoms with van der Waals surface area (Å²) in [5, 5.41) is 0. The molecular weight excluding hydrogens is 901 g/mol. The zero-order chi connectivity index (χ0) is 52.9. The molecule has 0 aliphatic rings. The highest BCUT2D eigenvalue weighted by Crippen LogP contribution is 2.17. The molecule has 0 aromatic heterocycles. The SMILES string of the molecule is CC/C=C\C/C=C\C/C=C\C/C=C\C/C=C\CCCCCC(=O)OC(COC(=O)CCCCCCC/C=C\CCCC)COC(=O)CCCCCCCCCCCCCCCCCCCCCCCCCCC. The van der Waals surface area contributed by atoms with Gasteiger partial charge >= 0.3 is 17.9 Å². The molecule has 0 aliphatic heterocycles. The fourth-order valence-corrected chi connectivity index (χ4v) is 8.98. The Labute approximate surface area is 453 Å². The van der Waals surface area contributed by atoms with Gasteiger partial charge in [-0.2, -0.15) is 0 Å². The average molecular weight is 1020 g/mol. The number of hydrogen-bond acceptors (Lipinski definition) is 6. The summed E-state index contributed by atoms with van der Waals surface area (Å²) in [5.41, 5.74) is 0. The first-order valence-corrected chi connectivity index (χ1v) is 31.4. The van der Waals surface area contributed by atoms with Crippen molar-refractivity contribution in [1.82, 2.24) is 0 Å². The van der Waals surface area contributed by atoms with Crippen molar-refractivity contribution in [3.05, 3.63) is 72.9 Å². The first kappa shape index (κ1) is 69.8. The second kappa shape index (κ2) is 61.4. The molecule has 422 valence electrons. The Morgan fingerprint density at radius 2 is 0.548 bits per heavy atom. The van der Waals surface area contributed by atoms with Crippen molar-refractivity contribution in [2.75, 3.05) is 13.2 Å². The number of esters is 3. The summed E-state index contributed by atoms with van der Waals surface area (Å²) in [6.45, 7) is 6.49. The predicted molar refractivity (Wildman–Crippen MR) is 316 cm³/mol. The molecule has 0 saturated heterocycles. The zero-order valence-corrected chi connectivity index (χ0v) is 48.4. The maximum absolute atomic E-state index is 12.9. The van der Waals surface area contributed by atoms with Crippen molar-refractivity contribution < 1.29 is 28.6 Å². The van der Waals surface area contributed by atoms with Crippen molar-refractivity contribution in [2.45, 2.75) is 322 Å². The Morgan fingerprint density at radius 3 is 0.904 bits per heavy atom. The standard InChI is InChI=1S/C67H118O6/c1-4-7-10-13-16-19-22-24-26-28-30-31-32-33-34-35-37-38-40-42-45-48-51-54-57-60-66(69)72-63-64(62-71-65(68)59-56-53-50-47-44-21-18-15-12-9-6-3)73-67(70)61-58-55-52-49-46-43-41-39-36-29-27-25-23-20-17-14-11-8-5-2/h8,11,15,17-18,20,25,27,36,39,43,46,64H,4-7,9-10,12-14,16,19,21-24,26,28-35,37-38,40-42,44-45,47-63H2,1-3H3/b11-8-,18-15-,20-17-,27-25-,39-36-,46-43-. The van der Waals surface area contributed by atoms with E-state index in [1.807, 2.05) is 0 Å². The number of rotatable bonds is 57. The van der Waals surface area contributed by atoms with Gasteiger partial charge in [-0.1, -0.05) is 286 Å². The minimum absolute atomic E-state index is 0.0890. The van der Waals surface area contributed by atoms with E-state index in [9.17, 15) is 14.4 Å². The Hall–Kier alpha value is -3.15. The average Bonchev–Trinajstić information content (AvgIpc) is 3.39. The molecule has 0 aliphatic carbocycles. The molecular formula is C67H118O6. The van der Waals surface area contributed by atoms with Gasteiger partial charge in [-0.05, 0) is 83.5 Å². The van der Waals surface area contributed by atoms with Gasteiger partial charge in [0, 0.05) is 19.3 Å². The number of unbranched alkanes of at least 4 members (excludes halogenated alkanes) is 34. The van der Waals surface area contributed by atoms with Crippen LogP contribution in [0, 0.1) is 0 Å². The zero-order valence-electron chi connectivity index (χ0n) is 48.4. The summed E-state index contributed by atoms with van der Waals surface area (Å²) in [5.74, 6) is -0.919. The van der Waals surface area contributed by atoms with Gasteiger partial charge in [0.05, 0.1) is 0 Å². The Balaban J connectivity index is 4.28. The van der Waals surface area contributed by atoms with Crippen LogP contribution in [0.15, 0.2) is 72.9 Å². The third-order valence-corrected chi connectivity index (χ3v) is 13.7. The topological polar surface area (TPSA) is 78.9 Å². The van der Waals surface area contributed by atoms with Gasteiger partial charge in [-0.25, -0.2) is 0 Å². The molecule has 0 N–H and O–H groups in total. The highest BCUT2D eigenvalue weighted by Gasteiger charge is 2.19. The lowest BCUT2D eigenvalue weighted by Crippen LogP contribution is -2.30. The molecule has 73 heavy (non-hydrogen) atoms. The van der Waals surface area contributed by atoms with Gasteiger partial charge in [0.2, 0.25) is 0 Å². The number of allylic oxidation sites excluding steroid dienone is 12. The van der Waals surface area contributed by atoms with Crippen molar-refractivity contribution in [1.29, 1.82) is 0 Å². The van der Waals surface area contributed by atoms with E-state index in [4.69, 9.17) is 14.2 Å². The molecule has 0 aromatic rings. The highest BCUT2D eigenvalue weighted by molar-refractivity contribution is 5.71. The van der Waals surface area contributed by atoms with Crippen LogP contribution in [-0.4, -0.2) is 37.2 Å². The van der Waals surface area contributed by atoms with E-state index in [1.165, 1.54) is 173 Å². The van der Waals surface area contributed by atoms with Gasteiger partial charge in [0.1, 0.15) is 13.2 Å². The van der Waals surface area contributed by atoms with Crippen LogP contribution in [0.5, 0.6) is 0 Å². The molecule has 0 aromatic carbocycles. The second-order valence-corrected chi connectivity index (χ2v) is 20.9. The molecule has 0 bridgehead atoms.